The Morgan fingerprint density at radius 2 is 1.79 bits per heavy atom. The molecule has 0 amide bonds. The second kappa shape index (κ2) is 6.23. The Balaban J connectivity index is 2.29. The van der Waals surface area contributed by atoms with Crippen LogP contribution in [-0.2, 0) is 10.0 Å². The van der Waals surface area contributed by atoms with Gasteiger partial charge in [-0.3, -0.25) is 4.40 Å². The van der Waals surface area contributed by atoms with Crippen molar-refractivity contribution in [2.75, 3.05) is 0 Å². The minimum absolute atomic E-state index is 0.126. The minimum Gasteiger partial charge on any atom is -0.299 e. The van der Waals surface area contributed by atoms with Crippen LogP contribution in [0.4, 0.5) is 0 Å². The first-order chi connectivity index (χ1) is 11.4. The van der Waals surface area contributed by atoms with Crippen molar-refractivity contribution in [3.63, 3.8) is 0 Å². The molecule has 0 N–H and O–H groups in total. The normalized spacial score (nSPS) is 12.3. The molecule has 0 fully saturated rings. The molecule has 3 aromatic rings. The van der Waals surface area contributed by atoms with E-state index in [4.69, 9.17) is 0 Å². The van der Waals surface area contributed by atoms with Crippen molar-refractivity contribution in [3.8, 4) is 6.07 Å². The molecule has 3 rings (SSSR count). The van der Waals surface area contributed by atoms with Crippen molar-refractivity contribution in [3.05, 3.63) is 75.8 Å². The number of benzene rings is 1. The van der Waals surface area contributed by atoms with E-state index in [9.17, 15) is 13.7 Å². The molecule has 0 aliphatic heterocycles. The highest BCUT2D eigenvalue weighted by Crippen LogP contribution is 2.15. The van der Waals surface area contributed by atoms with Crippen LogP contribution in [0.3, 0.4) is 0 Å². The summed E-state index contributed by atoms with van der Waals surface area (Å²) >= 11 is 3.35. The van der Waals surface area contributed by atoms with Crippen molar-refractivity contribution in [2.45, 2.75) is 11.8 Å². The highest BCUT2D eigenvalue weighted by molar-refractivity contribution is 9.10. The van der Waals surface area contributed by atoms with E-state index >= 15 is 0 Å². The van der Waals surface area contributed by atoms with Crippen molar-refractivity contribution < 1.29 is 8.42 Å². The molecule has 1 aromatic carbocycles. The summed E-state index contributed by atoms with van der Waals surface area (Å²) in [6.07, 6.45) is 1.68. The van der Waals surface area contributed by atoms with E-state index < -0.39 is 10.0 Å². The molecule has 0 radical (unpaired) electrons. The van der Waals surface area contributed by atoms with Crippen molar-refractivity contribution in [1.29, 1.82) is 5.26 Å². The Hall–Kier alpha value is -2.43. The van der Waals surface area contributed by atoms with Crippen LogP contribution in [0.25, 0.3) is 5.52 Å². The summed E-state index contributed by atoms with van der Waals surface area (Å²) in [6.45, 7) is 1.88. The average molecular weight is 402 g/mol. The second-order valence-corrected chi connectivity index (χ2v) is 7.72. The number of nitrogens with zero attached hydrogens (tertiary/aromatic N) is 3. The standard InChI is InChI=1S/C17H12BrN3O2S/c1-12-2-6-15(7-3-12)24(22,23)20-17-9-4-13(10-19)16-8-5-14(18)11-21(16)17/h2-9,11H,1H3/b20-17-. The number of hydrogen-bond acceptors (Lipinski definition) is 3. The Bertz CT molecular complexity index is 1140. The van der Waals surface area contributed by atoms with E-state index in [1.165, 1.54) is 18.2 Å². The molecule has 7 heteroatoms. The highest BCUT2D eigenvalue weighted by atomic mass is 79.9. The fourth-order valence-corrected chi connectivity index (χ4v) is 3.58. The van der Waals surface area contributed by atoms with E-state index in [1.54, 1.807) is 40.9 Å². The van der Waals surface area contributed by atoms with Gasteiger partial charge in [0.05, 0.1) is 16.0 Å². The van der Waals surface area contributed by atoms with E-state index in [1.807, 2.05) is 6.92 Å². The van der Waals surface area contributed by atoms with E-state index in [0.29, 0.717) is 11.1 Å². The Morgan fingerprint density at radius 3 is 2.46 bits per heavy atom. The lowest BCUT2D eigenvalue weighted by Crippen LogP contribution is -2.17. The molecule has 0 bridgehead atoms. The number of sulfonamides is 1. The quantitative estimate of drug-likeness (QED) is 0.661. The largest absolute Gasteiger partial charge is 0.299 e. The molecule has 5 nitrogen and oxygen atoms in total. The first kappa shape index (κ1) is 16.4. The number of nitriles is 1. The van der Waals surface area contributed by atoms with Crippen molar-refractivity contribution in [2.24, 2.45) is 4.40 Å². The third-order valence-corrected chi connectivity index (χ3v) is 5.25. The maximum atomic E-state index is 12.5. The molecule has 0 saturated heterocycles. The first-order valence-corrected chi connectivity index (χ1v) is 9.23. The van der Waals surface area contributed by atoms with Gasteiger partial charge in [-0.1, -0.05) is 17.7 Å². The van der Waals surface area contributed by atoms with Crippen LogP contribution >= 0.6 is 15.9 Å². The number of aryl methyl sites for hydroxylation is 1. The van der Waals surface area contributed by atoms with Gasteiger partial charge < -0.3 is 0 Å². The summed E-state index contributed by atoms with van der Waals surface area (Å²) in [5.41, 5.74) is 2.22. The number of halogens is 1. The average Bonchev–Trinajstić information content (AvgIpc) is 2.55. The van der Waals surface area contributed by atoms with Gasteiger partial charge in [0.1, 0.15) is 6.07 Å². The van der Waals surface area contributed by atoms with Gasteiger partial charge in [-0.2, -0.15) is 13.7 Å². The van der Waals surface area contributed by atoms with Crippen LogP contribution in [0.5, 0.6) is 0 Å². The lowest BCUT2D eigenvalue weighted by atomic mass is 10.2. The van der Waals surface area contributed by atoms with Gasteiger partial charge in [0.2, 0.25) is 0 Å². The molecule has 2 heterocycles. The van der Waals surface area contributed by atoms with Gasteiger partial charge in [-0.05, 0) is 59.3 Å². The van der Waals surface area contributed by atoms with Gasteiger partial charge in [0.25, 0.3) is 10.0 Å². The van der Waals surface area contributed by atoms with Gasteiger partial charge in [0, 0.05) is 10.7 Å². The molecule has 0 saturated carbocycles. The molecule has 0 aliphatic rings. The summed E-state index contributed by atoms with van der Waals surface area (Å²) in [5.74, 6) is 0. The Kier molecular flexibility index (Phi) is 4.26. The van der Waals surface area contributed by atoms with E-state index in [0.717, 1.165) is 10.0 Å². The molecule has 0 atom stereocenters. The van der Waals surface area contributed by atoms with Gasteiger partial charge in [-0.15, -0.1) is 4.40 Å². The summed E-state index contributed by atoms with van der Waals surface area (Å²) in [6, 6.07) is 15.2. The van der Waals surface area contributed by atoms with Crippen LogP contribution in [0, 0.1) is 18.3 Å². The maximum absolute atomic E-state index is 12.5. The monoisotopic (exact) mass is 401 g/mol. The molecular weight excluding hydrogens is 390 g/mol. The molecular formula is C17H12BrN3O2S. The SMILES string of the molecule is Cc1ccc(S(=O)(=O)/N=c2/ccc(C#N)c3ccc(Br)cn23)cc1. The van der Waals surface area contributed by atoms with Gasteiger partial charge in [0.15, 0.2) is 5.49 Å². The summed E-state index contributed by atoms with van der Waals surface area (Å²) in [7, 11) is -3.85. The second-order valence-electron chi connectivity index (χ2n) is 5.20. The van der Waals surface area contributed by atoms with Crippen LogP contribution < -0.4 is 5.49 Å². The molecule has 2 aromatic heterocycles. The minimum atomic E-state index is -3.85. The van der Waals surface area contributed by atoms with Crippen molar-refractivity contribution >= 4 is 31.5 Å². The lowest BCUT2D eigenvalue weighted by Gasteiger charge is -2.05. The zero-order valence-corrected chi connectivity index (χ0v) is 15.0. The number of fused-ring (bicyclic) bond motifs is 1. The third kappa shape index (κ3) is 3.11. The lowest BCUT2D eigenvalue weighted by molar-refractivity contribution is 0.596. The summed E-state index contributed by atoms with van der Waals surface area (Å²) in [4.78, 5) is 0.126. The topological polar surface area (TPSA) is 74.7 Å². The van der Waals surface area contributed by atoms with Crippen molar-refractivity contribution in [1.82, 2.24) is 4.40 Å². The number of rotatable bonds is 2. The molecule has 0 unspecified atom stereocenters. The predicted molar refractivity (Wildman–Crippen MR) is 93.7 cm³/mol. The zero-order valence-electron chi connectivity index (χ0n) is 12.6. The summed E-state index contributed by atoms with van der Waals surface area (Å²) < 4.78 is 31.3. The van der Waals surface area contributed by atoms with E-state index in [-0.39, 0.29) is 10.4 Å². The smallest absolute Gasteiger partial charge is 0.284 e. The zero-order chi connectivity index (χ0) is 17.3. The predicted octanol–water partition coefficient (Wildman–Crippen LogP) is 3.17. The number of hydrogen-bond donors (Lipinski definition) is 0. The first-order valence-electron chi connectivity index (χ1n) is 6.99. The fraction of sp³-hybridized carbons (Fsp3) is 0.0588. The van der Waals surface area contributed by atoms with Crippen LogP contribution in [0.15, 0.2) is 68.5 Å². The maximum Gasteiger partial charge on any atom is 0.284 e. The molecule has 24 heavy (non-hydrogen) atoms. The van der Waals surface area contributed by atoms with Gasteiger partial charge >= 0.3 is 0 Å². The summed E-state index contributed by atoms with van der Waals surface area (Å²) in [5, 5.41) is 9.21. The van der Waals surface area contributed by atoms with Gasteiger partial charge in [-0.25, -0.2) is 0 Å². The van der Waals surface area contributed by atoms with Crippen LogP contribution in [-0.4, -0.2) is 12.8 Å². The molecule has 0 spiro atoms. The van der Waals surface area contributed by atoms with E-state index in [2.05, 4.69) is 26.4 Å². The third-order valence-electron chi connectivity index (χ3n) is 3.49. The van der Waals surface area contributed by atoms with Crippen LogP contribution in [0.2, 0.25) is 0 Å². The molecule has 0 aliphatic carbocycles. The van der Waals surface area contributed by atoms with Crippen LogP contribution in [0.1, 0.15) is 11.1 Å². The Labute approximate surface area is 147 Å². The Morgan fingerprint density at radius 1 is 1.08 bits per heavy atom. The highest BCUT2D eigenvalue weighted by Gasteiger charge is 2.12. The fourth-order valence-electron chi connectivity index (χ4n) is 2.26. The molecule has 120 valence electrons. The number of pyridine rings is 2. The number of aromatic nitrogens is 1.